The van der Waals surface area contributed by atoms with Gasteiger partial charge < -0.3 is 15.5 Å². The van der Waals surface area contributed by atoms with Crippen molar-refractivity contribution in [2.45, 2.75) is 13.0 Å². The average molecular weight is 447 g/mol. The minimum atomic E-state index is -0.670. The molecule has 0 aromatic heterocycles. The van der Waals surface area contributed by atoms with E-state index in [0.29, 0.717) is 42.5 Å². The maximum absolute atomic E-state index is 12.9. The van der Waals surface area contributed by atoms with Crippen LogP contribution in [0.2, 0.25) is 5.02 Å². The molecule has 1 fully saturated rings. The molecule has 9 heteroatoms. The molecule has 0 unspecified atom stereocenters. The third-order valence-electron chi connectivity index (χ3n) is 5.00. The first-order chi connectivity index (χ1) is 14.8. The van der Waals surface area contributed by atoms with E-state index in [1.165, 1.54) is 24.3 Å². The first-order valence-corrected chi connectivity index (χ1v) is 10.3. The summed E-state index contributed by atoms with van der Waals surface area (Å²) in [5, 5.41) is 5.97. The Kier molecular flexibility index (Phi) is 7.59. The van der Waals surface area contributed by atoms with Gasteiger partial charge in [-0.25, -0.2) is 4.39 Å². The van der Waals surface area contributed by atoms with Gasteiger partial charge in [0.2, 0.25) is 11.8 Å². The van der Waals surface area contributed by atoms with E-state index in [-0.39, 0.29) is 30.1 Å². The number of carbonyl (C=O) groups is 3. The number of hydrogen-bond acceptors (Lipinski definition) is 4. The molecular weight excluding hydrogens is 423 g/mol. The maximum atomic E-state index is 12.9. The Balaban J connectivity index is 1.43. The summed E-state index contributed by atoms with van der Waals surface area (Å²) < 4.78 is 12.9. The Morgan fingerprint density at radius 1 is 1.00 bits per heavy atom. The van der Waals surface area contributed by atoms with Crippen LogP contribution >= 0.6 is 11.6 Å². The fourth-order valence-electron chi connectivity index (χ4n) is 3.28. The topological polar surface area (TPSA) is 81.8 Å². The van der Waals surface area contributed by atoms with E-state index in [2.05, 4.69) is 10.6 Å². The van der Waals surface area contributed by atoms with Crippen molar-refractivity contribution in [1.29, 1.82) is 0 Å². The summed E-state index contributed by atoms with van der Waals surface area (Å²) in [6, 6.07) is 11.3. The quantitative estimate of drug-likeness (QED) is 0.713. The molecule has 1 heterocycles. The largest absolute Gasteiger partial charge is 0.341 e. The highest BCUT2D eigenvalue weighted by Crippen LogP contribution is 2.11. The Morgan fingerprint density at radius 3 is 2.23 bits per heavy atom. The van der Waals surface area contributed by atoms with Gasteiger partial charge in [-0.2, -0.15) is 0 Å². The molecule has 0 bridgehead atoms. The number of benzene rings is 2. The van der Waals surface area contributed by atoms with Crippen LogP contribution in [0, 0.1) is 5.82 Å². The van der Waals surface area contributed by atoms with Crippen LogP contribution in [0.1, 0.15) is 17.3 Å². The molecular formula is C22H24ClFN4O3. The van der Waals surface area contributed by atoms with Crippen LogP contribution in [0.25, 0.3) is 0 Å². The lowest BCUT2D eigenvalue weighted by molar-refractivity contribution is -0.134. The molecule has 1 aliphatic rings. The van der Waals surface area contributed by atoms with Crippen molar-refractivity contribution in [3.63, 3.8) is 0 Å². The molecule has 164 valence electrons. The van der Waals surface area contributed by atoms with Crippen LogP contribution in [0.5, 0.6) is 0 Å². The minimum absolute atomic E-state index is 0.169. The predicted molar refractivity (Wildman–Crippen MR) is 116 cm³/mol. The van der Waals surface area contributed by atoms with Gasteiger partial charge in [0.05, 0.1) is 6.54 Å². The zero-order chi connectivity index (χ0) is 22.4. The van der Waals surface area contributed by atoms with Crippen LogP contribution < -0.4 is 10.6 Å². The second kappa shape index (κ2) is 10.4. The molecule has 0 spiro atoms. The van der Waals surface area contributed by atoms with Gasteiger partial charge in [-0.05, 0) is 55.5 Å². The van der Waals surface area contributed by atoms with Gasteiger partial charge in [0.25, 0.3) is 5.91 Å². The van der Waals surface area contributed by atoms with E-state index in [9.17, 15) is 18.8 Å². The third kappa shape index (κ3) is 6.50. The highest BCUT2D eigenvalue weighted by molar-refractivity contribution is 6.30. The molecule has 0 aliphatic carbocycles. The van der Waals surface area contributed by atoms with Crippen molar-refractivity contribution >= 4 is 35.0 Å². The van der Waals surface area contributed by atoms with Gasteiger partial charge in [-0.3, -0.25) is 19.3 Å². The van der Waals surface area contributed by atoms with Crippen molar-refractivity contribution in [3.8, 4) is 0 Å². The lowest BCUT2D eigenvalue weighted by Crippen LogP contribution is -2.55. The number of hydrogen-bond donors (Lipinski definition) is 2. The summed E-state index contributed by atoms with van der Waals surface area (Å²) >= 11 is 5.83. The summed E-state index contributed by atoms with van der Waals surface area (Å²) in [5.74, 6) is -1.07. The third-order valence-corrected chi connectivity index (χ3v) is 5.26. The summed E-state index contributed by atoms with van der Waals surface area (Å²) in [7, 11) is 0. The maximum Gasteiger partial charge on any atom is 0.251 e. The van der Waals surface area contributed by atoms with Gasteiger partial charge in [-0.15, -0.1) is 0 Å². The van der Waals surface area contributed by atoms with E-state index >= 15 is 0 Å². The second-order valence-electron chi connectivity index (χ2n) is 7.36. The smallest absolute Gasteiger partial charge is 0.251 e. The zero-order valence-corrected chi connectivity index (χ0v) is 17.9. The zero-order valence-electron chi connectivity index (χ0n) is 17.1. The molecule has 3 rings (SSSR count). The van der Waals surface area contributed by atoms with Gasteiger partial charge in [-0.1, -0.05) is 11.6 Å². The van der Waals surface area contributed by atoms with Crippen LogP contribution in [-0.4, -0.2) is 66.3 Å². The van der Waals surface area contributed by atoms with E-state index in [1.807, 2.05) is 4.90 Å². The lowest BCUT2D eigenvalue weighted by Gasteiger charge is -2.35. The van der Waals surface area contributed by atoms with Crippen LogP contribution in [0.15, 0.2) is 48.5 Å². The highest BCUT2D eigenvalue weighted by Gasteiger charge is 2.26. The van der Waals surface area contributed by atoms with Crippen LogP contribution in [0.3, 0.4) is 0 Å². The van der Waals surface area contributed by atoms with Gasteiger partial charge in [0, 0.05) is 42.5 Å². The van der Waals surface area contributed by atoms with Crippen molar-refractivity contribution in [2.75, 3.05) is 38.0 Å². The van der Waals surface area contributed by atoms with E-state index in [4.69, 9.17) is 11.6 Å². The molecule has 2 aromatic rings. The first kappa shape index (κ1) is 22.7. The fourth-order valence-corrected chi connectivity index (χ4v) is 3.41. The normalized spacial score (nSPS) is 15.3. The summed E-state index contributed by atoms with van der Waals surface area (Å²) in [6.45, 7) is 3.84. The van der Waals surface area contributed by atoms with Crippen molar-refractivity contribution in [3.05, 3.63) is 64.9 Å². The molecule has 1 atom stereocenters. The fraction of sp³-hybridized carbons (Fsp3) is 0.318. The number of carbonyl (C=O) groups excluding carboxylic acids is 3. The lowest BCUT2D eigenvalue weighted by atomic mass is 10.2. The number of rotatable bonds is 6. The number of anilines is 1. The van der Waals surface area contributed by atoms with Gasteiger partial charge >= 0.3 is 0 Å². The number of halogens is 2. The van der Waals surface area contributed by atoms with Crippen molar-refractivity contribution in [2.24, 2.45) is 0 Å². The summed E-state index contributed by atoms with van der Waals surface area (Å²) in [4.78, 5) is 40.8. The highest BCUT2D eigenvalue weighted by atomic mass is 35.5. The molecule has 1 saturated heterocycles. The second-order valence-corrected chi connectivity index (χ2v) is 7.79. The molecule has 1 aliphatic heterocycles. The number of nitrogens with one attached hydrogen (secondary N) is 2. The Labute approximate surface area is 185 Å². The first-order valence-electron chi connectivity index (χ1n) is 9.95. The van der Waals surface area contributed by atoms with E-state index in [1.54, 1.807) is 36.1 Å². The summed E-state index contributed by atoms with van der Waals surface area (Å²) in [5.41, 5.74) is 0.964. The predicted octanol–water partition coefficient (Wildman–Crippen LogP) is 2.38. The Bertz CT molecular complexity index is 929. The van der Waals surface area contributed by atoms with E-state index < -0.39 is 6.04 Å². The molecule has 2 N–H and O–H groups in total. The monoisotopic (exact) mass is 446 g/mol. The number of nitrogens with zero attached hydrogens (tertiary/aromatic N) is 2. The van der Waals surface area contributed by atoms with Gasteiger partial charge in [0.1, 0.15) is 11.9 Å². The number of amides is 3. The average Bonchev–Trinajstić information content (AvgIpc) is 2.75. The minimum Gasteiger partial charge on any atom is -0.341 e. The molecule has 7 nitrogen and oxygen atoms in total. The van der Waals surface area contributed by atoms with Crippen molar-refractivity contribution < 1.29 is 18.8 Å². The van der Waals surface area contributed by atoms with Crippen LogP contribution in [0.4, 0.5) is 10.1 Å². The molecule has 3 amide bonds. The Hall–Kier alpha value is -2.97. The molecule has 2 aromatic carbocycles. The SMILES string of the molecule is C[C@H](NC(=O)c1ccc(Cl)cc1)C(=O)N1CCN(CC(=O)Nc2ccc(F)cc2)CC1. The molecule has 0 saturated carbocycles. The molecule has 0 radical (unpaired) electrons. The van der Waals surface area contributed by atoms with Crippen LogP contribution in [-0.2, 0) is 9.59 Å². The Morgan fingerprint density at radius 2 is 1.61 bits per heavy atom. The summed E-state index contributed by atoms with van der Waals surface area (Å²) in [6.07, 6.45) is 0. The van der Waals surface area contributed by atoms with E-state index in [0.717, 1.165) is 0 Å². The molecule has 31 heavy (non-hydrogen) atoms. The van der Waals surface area contributed by atoms with Gasteiger partial charge in [0.15, 0.2) is 0 Å². The standard InChI is InChI=1S/C22H24ClFN4O3/c1-15(25-21(30)16-2-4-17(23)5-3-16)22(31)28-12-10-27(11-13-28)14-20(29)26-19-8-6-18(24)7-9-19/h2-9,15H,10-14H2,1H3,(H,25,30)(H,26,29)/t15-/m0/s1. The number of piperazine rings is 1. The van der Waals surface area contributed by atoms with Crippen molar-refractivity contribution in [1.82, 2.24) is 15.1 Å².